The summed E-state index contributed by atoms with van der Waals surface area (Å²) in [4.78, 5) is 23.7. The van der Waals surface area contributed by atoms with Crippen LogP contribution in [0, 0.1) is 0 Å². The molecule has 0 bridgehead atoms. The Morgan fingerprint density at radius 3 is 2.37 bits per heavy atom. The van der Waals surface area contributed by atoms with Crippen molar-refractivity contribution < 1.29 is 9.59 Å². The lowest BCUT2D eigenvalue weighted by Crippen LogP contribution is -2.12. The van der Waals surface area contributed by atoms with E-state index in [0.717, 1.165) is 13.0 Å². The number of benzene rings is 1. The van der Waals surface area contributed by atoms with E-state index in [1.54, 1.807) is 30.3 Å². The van der Waals surface area contributed by atoms with Crippen LogP contribution >= 0.6 is 15.9 Å². The maximum atomic E-state index is 12.3. The number of alkyl halides is 1. The maximum Gasteiger partial charge on any atom is 0.235 e. The Morgan fingerprint density at radius 1 is 1.03 bits per heavy atom. The molecule has 1 aromatic heterocycles. The molecule has 162 valence electrons. The summed E-state index contributed by atoms with van der Waals surface area (Å²) in [5.41, 5.74) is 1.88. The standard InChI is InChI=1S/C23H31BrN4O2/c1-2-3-4-5-6-7-8-9-16-28-18-21(26-27-28)14-15-22(29)19-10-12-20(13-11-19)25-23(30)17-24/h10-15,18H,2-9,16-17H2,1H3,(H,25,30)/b15-14+. The van der Waals surface area contributed by atoms with Crippen LogP contribution in [-0.2, 0) is 11.3 Å². The summed E-state index contributed by atoms with van der Waals surface area (Å²) < 4.78 is 1.84. The van der Waals surface area contributed by atoms with Gasteiger partial charge in [-0.1, -0.05) is 73.0 Å². The fourth-order valence-corrected chi connectivity index (χ4v) is 3.22. The number of hydrogen-bond donors (Lipinski definition) is 1. The van der Waals surface area contributed by atoms with Crippen molar-refractivity contribution in [2.24, 2.45) is 0 Å². The average Bonchev–Trinajstić information content (AvgIpc) is 3.22. The number of unbranched alkanes of at least 4 members (excludes halogenated alkanes) is 7. The zero-order valence-electron chi connectivity index (χ0n) is 17.6. The Morgan fingerprint density at radius 2 is 1.70 bits per heavy atom. The fourth-order valence-electron chi connectivity index (χ4n) is 3.08. The zero-order chi connectivity index (χ0) is 21.6. The number of nitrogens with zero attached hydrogens (tertiary/aromatic N) is 3. The molecule has 0 saturated heterocycles. The first kappa shape index (κ1) is 24.0. The molecule has 1 amide bonds. The third kappa shape index (κ3) is 9.03. The number of hydrogen-bond acceptors (Lipinski definition) is 4. The highest BCUT2D eigenvalue weighted by molar-refractivity contribution is 9.09. The van der Waals surface area contributed by atoms with Gasteiger partial charge < -0.3 is 5.32 Å². The third-order valence-corrected chi connectivity index (χ3v) is 5.29. The first-order chi connectivity index (χ1) is 14.6. The minimum Gasteiger partial charge on any atom is -0.325 e. The van der Waals surface area contributed by atoms with E-state index in [1.165, 1.54) is 51.0 Å². The number of aryl methyl sites for hydroxylation is 1. The minimum atomic E-state index is -0.135. The second-order valence-electron chi connectivity index (χ2n) is 7.34. The van der Waals surface area contributed by atoms with Gasteiger partial charge in [0.2, 0.25) is 5.91 Å². The van der Waals surface area contributed by atoms with Crippen LogP contribution in [0.25, 0.3) is 6.08 Å². The van der Waals surface area contributed by atoms with Crippen molar-refractivity contribution in [3.63, 3.8) is 0 Å². The monoisotopic (exact) mass is 474 g/mol. The van der Waals surface area contributed by atoms with Crippen molar-refractivity contribution in [2.45, 2.75) is 64.8 Å². The number of halogens is 1. The van der Waals surface area contributed by atoms with Crippen LogP contribution in [0.5, 0.6) is 0 Å². The Balaban J connectivity index is 1.73. The van der Waals surface area contributed by atoms with E-state index in [4.69, 9.17) is 0 Å². The van der Waals surface area contributed by atoms with E-state index >= 15 is 0 Å². The van der Waals surface area contributed by atoms with Gasteiger partial charge in [-0.25, -0.2) is 0 Å². The number of aromatic nitrogens is 3. The molecule has 0 aliphatic rings. The summed E-state index contributed by atoms with van der Waals surface area (Å²) in [6, 6.07) is 6.80. The number of rotatable bonds is 14. The number of amides is 1. The lowest BCUT2D eigenvalue weighted by atomic mass is 10.1. The Hall–Kier alpha value is -2.28. The molecule has 0 saturated carbocycles. The Bertz CT molecular complexity index is 815. The van der Waals surface area contributed by atoms with E-state index in [1.807, 2.05) is 10.9 Å². The number of anilines is 1. The van der Waals surface area contributed by atoms with Crippen molar-refractivity contribution >= 4 is 39.4 Å². The predicted molar refractivity (Wildman–Crippen MR) is 125 cm³/mol. The normalized spacial score (nSPS) is 11.1. The molecule has 0 spiro atoms. The lowest BCUT2D eigenvalue weighted by Gasteiger charge is -2.03. The molecule has 30 heavy (non-hydrogen) atoms. The van der Waals surface area contributed by atoms with Gasteiger partial charge in [-0.2, -0.15) is 0 Å². The van der Waals surface area contributed by atoms with Gasteiger partial charge in [-0.05, 0) is 42.8 Å². The minimum absolute atomic E-state index is 0.119. The largest absolute Gasteiger partial charge is 0.325 e. The number of carbonyl (C=O) groups excluding carboxylic acids is 2. The van der Waals surface area contributed by atoms with Gasteiger partial charge in [-0.15, -0.1) is 5.10 Å². The van der Waals surface area contributed by atoms with E-state index in [9.17, 15) is 9.59 Å². The summed E-state index contributed by atoms with van der Waals surface area (Å²) >= 11 is 3.10. The fraction of sp³-hybridized carbons (Fsp3) is 0.478. The lowest BCUT2D eigenvalue weighted by molar-refractivity contribution is -0.113. The van der Waals surface area contributed by atoms with Gasteiger partial charge in [0.05, 0.1) is 11.5 Å². The van der Waals surface area contributed by atoms with Crippen LogP contribution in [0.2, 0.25) is 0 Å². The van der Waals surface area contributed by atoms with Crippen molar-refractivity contribution in [1.82, 2.24) is 15.0 Å². The molecule has 6 nitrogen and oxygen atoms in total. The van der Waals surface area contributed by atoms with Crippen LogP contribution in [0.15, 0.2) is 36.5 Å². The van der Waals surface area contributed by atoms with Crippen LogP contribution in [0.1, 0.15) is 74.3 Å². The summed E-state index contributed by atoms with van der Waals surface area (Å²) in [6.07, 6.45) is 15.3. The molecule has 0 unspecified atom stereocenters. The molecule has 0 radical (unpaired) electrons. The topological polar surface area (TPSA) is 76.9 Å². The van der Waals surface area contributed by atoms with Gasteiger partial charge in [0.1, 0.15) is 5.69 Å². The maximum absolute atomic E-state index is 12.3. The number of ketones is 1. The van der Waals surface area contributed by atoms with Crippen LogP contribution in [0.3, 0.4) is 0 Å². The second-order valence-corrected chi connectivity index (χ2v) is 7.90. The van der Waals surface area contributed by atoms with E-state index < -0.39 is 0 Å². The van der Waals surface area contributed by atoms with E-state index in [0.29, 0.717) is 16.9 Å². The van der Waals surface area contributed by atoms with Gasteiger partial charge >= 0.3 is 0 Å². The number of nitrogens with one attached hydrogen (secondary N) is 1. The van der Waals surface area contributed by atoms with Gasteiger partial charge in [0.25, 0.3) is 0 Å². The molecule has 1 aromatic carbocycles. The molecule has 2 rings (SSSR count). The Kier molecular flexibility index (Phi) is 11.1. The molecule has 1 heterocycles. The molecule has 0 atom stereocenters. The highest BCUT2D eigenvalue weighted by atomic mass is 79.9. The van der Waals surface area contributed by atoms with Gasteiger partial charge in [0, 0.05) is 17.8 Å². The number of carbonyl (C=O) groups is 2. The van der Waals surface area contributed by atoms with Crippen LogP contribution in [-0.4, -0.2) is 32.0 Å². The second kappa shape index (κ2) is 13.9. The summed E-state index contributed by atoms with van der Waals surface area (Å²) in [6.45, 7) is 3.09. The van der Waals surface area contributed by atoms with E-state index in [-0.39, 0.29) is 17.0 Å². The molecule has 0 aliphatic heterocycles. The smallest absolute Gasteiger partial charge is 0.235 e. The molecule has 2 aromatic rings. The molecule has 0 fully saturated rings. The van der Waals surface area contributed by atoms with Crippen LogP contribution < -0.4 is 5.32 Å². The summed E-state index contributed by atoms with van der Waals surface area (Å²) in [5.74, 6) is -0.255. The summed E-state index contributed by atoms with van der Waals surface area (Å²) in [7, 11) is 0. The van der Waals surface area contributed by atoms with E-state index in [2.05, 4.69) is 38.5 Å². The van der Waals surface area contributed by atoms with Crippen molar-refractivity contribution in [3.8, 4) is 0 Å². The average molecular weight is 475 g/mol. The number of allylic oxidation sites excluding steroid dienone is 1. The predicted octanol–water partition coefficient (Wildman–Crippen LogP) is 5.65. The van der Waals surface area contributed by atoms with Crippen LogP contribution in [0.4, 0.5) is 5.69 Å². The van der Waals surface area contributed by atoms with Crippen molar-refractivity contribution in [3.05, 3.63) is 47.8 Å². The molecule has 1 N–H and O–H groups in total. The first-order valence-corrected chi connectivity index (χ1v) is 11.8. The van der Waals surface area contributed by atoms with Crippen molar-refractivity contribution in [1.29, 1.82) is 0 Å². The summed E-state index contributed by atoms with van der Waals surface area (Å²) in [5, 5.41) is 11.2. The highest BCUT2D eigenvalue weighted by Gasteiger charge is 2.05. The SMILES string of the molecule is CCCCCCCCCCn1cc(/C=C/C(=O)c2ccc(NC(=O)CBr)cc2)nn1. The molecular weight excluding hydrogens is 444 g/mol. The van der Waals surface area contributed by atoms with Gasteiger partial charge in [-0.3, -0.25) is 14.3 Å². The van der Waals surface area contributed by atoms with Gasteiger partial charge in [0.15, 0.2) is 5.78 Å². The Labute approximate surface area is 187 Å². The zero-order valence-corrected chi connectivity index (χ0v) is 19.2. The molecular formula is C23H31BrN4O2. The quantitative estimate of drug-likeness (QED) is 0.166. The molecule has 7 heteroatoms. The third-order valence-electron chi connectivity index (χ3n) is 4.78. The molecule has 0 aliphatic carbocycles. The highest BCUT2D eigenvalue weighted by Crippen LogP contribution is 2.12. The first-order valence-electron chi connectivity index (χ1n) is 10.7. The van der Waals surface area contributed by atoms with Crippen molar-refractivity contribution in [2.75, 3.05) is 10.6 Å².